The van der Waals surface area contributed by atoms with Gasteiger partial charge < -0.3 is 20.3 Å². The second-order valence-electron chi connectivity index (χ2n) is 23.2. The van der Waals surface area contributed by atoms with Crippen LogP contribution in [0.1, 0.15) is 373 Å². The Bertz CT molecular complexity index is 1150. The van der Waals surface area contributed by atoms with Crippen molar-refractivity contribution in [2.24, 2.45) is 0 Å². The number of amides is 1. The van der Waals surface area contributed by atoms with Crippen LogP contribution >= 0.6 is 0 Å². The van der Waals surface area contributed by atoms with Crippen molar-refractivity contribution in [2.45, 2.75) is 386 Å². The van der Waals surface area contributed by atoms with E-state index in [1.54, 1.807) is 6.08 Å². The molecule has 0 aromatic heterocycles. The molecule has 0 aromatic carbocycles. The highest BCUT2D eigenvalue weighted by atomic mass is 16.5. The van der Waals surface area contributed by atoms with Crippen LogP contribution < -0.4 is 5.32 Å². The van der Waals surface area contributed by atoms with E-state index in [-0.39, 0.29) is 18.5 Å². The molecular weight excluding hydrogens is 911 g/mol. The summed E-state index contributed by atoms with van der Waals surface area (Å²) >= 11 is 0. The zero-order valence-electron chi connectivity index (χ0n) is 50.1. The average molecular weight is 1040 g/mol. The predicted octanol–water partition coefficient (Wildman–Crippen LogP) is 21.4. The zero-order chi connectivity index (χ0) is 53.6. The first kappa shape index (κ1) is 72.3. The maximum atomic E-state index is 12.5. The molecule has 0 spiro atoms. The Morgan fingerprint density at radius 3 is 0.959 bits per heavy atom. The van der Waals surface area contributed by atoms with E-state index < -0.39 is 12.1 Å². The number of nitrogens with one attached hydrogen (secondary N) is 1. The SMILES string of the molecule is CCCCCCCCCCCCCCCCCCCCC/C=C/C(O)C(CO)NC(=O)CCCCCCCCC/C=C\CCCCCCCCCCCCCOC(=O)CCCCCCCCCCCCCCCC. The maximum Gasteiger partial charge on any atom is 0.305 e. The monoisotopic (exact) mass is 1040 g/mol. The van der Waals surface area contributed by atoms with Gasteiger partial charge >= 0.3 is 5.97 Å². The fourth-order valence-corrected chi connectivity index (χ4v) is 10.6. The fourth-order valence-electron chi connectivity index (χ4n) is 10.6. The molecule has 0 saturated carbocycles. The molecule has 2 atom stereocenters. The van der Waals surface area contributed by atoms with Crippen LogP contribution in [-0.4, -0.2) is 47.4 Å². The second kappa shape index (κ2) is 63.9. The van der Waals surface area contributed by atoms with Gasteiger partial charge in [-0.05, 0) is 57.8 Å². The maximum absolute atomic E-state index is 12.5. The van der Waals surface area contributed by atoms with Crippen LogP contribution in [0.4, 0.5) is 0 Å². The van der Waals surface area contributed by atoms with Gasteiger partial charge in [0.1, 0.15) is 0 Å². The molecule has 0 bridgehead atoms. The zero-order valence-corrected chi connectivity index (χ0v) is 50.1. The number of aliphatic hydroxyl groups is 2. The molecule has 0 aliphatic heterocycles. The highest BCUT2D eigenvalue weighted by Crippen LogP contribution is 2.18. The van der Waals surface area contributed by atoms with E-state index in [2.05, 4.69) is 31.3 Å². The smallest absolute Gasteiger partial charge is 0.305 e. The van der Waals surface area contributed by atoms with Gasteiger partial charge in [-0.2, -0.15) is 0 Å². The Labute approximate surface area is 462 Å². The Morgan fingerprint density at radius 1 is 0.365 bits per heavy atom. The van der Waals surface area contributed by atoms with Crippen molar-refractivity contribution in [3.63, 3.8) is 0 Å². The van der Waals surface area contributed by atoms with Crippen LogP contribution in [0.5, 0.6) is 0 Å². The van der Waals surface area contributed by atoms with E-state index in [1.165, 1.54) is 302 Å². The number of hydrogen-bond donors (Lipinski definition) is 3. The summed E-state index contributed by atoms with van der Waals surface area (Å²) in [5.74, 6) is -0.0590. The van der Waals surface area contributed by atoms with E-state index in [9.17, 15) is 19.8 Å². The molecule has 438 valence electrons. The highest BCUT2D eigenvalue weighted by molar-refractivity contribution is 5.76. The summed E-state index contributed by atoms with van der Waals surface area (Å²) < 4.78 is 5.49. The van der Waals surface area contributed by atoms with Gasteiger partial charge in [0.25, 0.3) is 0 Å². The van der Waals surface area contributed by atoms with Crippen LogP contribution in [0.2, 0.25) is 0 Å². The molecule has 0 aliphatic carbocycles. The third kappa shape index (κ3) is 59.6. The third-order valence-corrected chi connectivity index (χ3v) is 15.7. The fraction of sp³-hybridized carbons (Fsp3) is 0.912. The Balaban J connectivity index is 3.44. The number of allylic oxidation sites excluding steroid dienone is 3. The quantitative estimate of drug-likeness (QED) is 0.0320. The molecule has 0 aromatic rings. The number of carbonyl (C=O) groups is 2. The Kier molecular flexibility index (Phi) is 62.4. The van der Waals surface area contributed by atoms with Crippen molar-refractivity contribution in [2.75, 3.05) is 13.2 Å². The van der Waals surface area contributed by atoms with Gasteiger partial charge in [-0.25, -0.2) is 0 Å². The molecule has 6 nitrogen and oxygen atoms in total. The van der Waals surface area contributed by atoms with Crippen molar-refractivity contribution >= 4 is 11.9 Å². The summed E-state index contributed by atoms with van der Waals surface area (Å²) in [6.07, 6.45) is 79.5. The molecule has 0 heterocycles. The molecule has 6 heteroatoms. The molecule has 1 amide bonds. The molecule has 3 N–H and O–H groups in total. The summed E-state index contributed by atoms with van der Waals surface area (Å²) in [5.41, 5.74) is 0. The molecular formula is C68H131NO5. The minimum Gasteiger partial charge on any atom is -0.466 e. The van der Waals surface area contributed by atoms with E-state index in [1.807, 2.05) is 6.08 Å². The molecule has 0 aliphatic rings. The predicted molar refractivity (Wildman–Crippen MR) is 324 cm³/mol. The van der Waals surface area contributed by atoms with E-state index in [4.69, 9.17) is 4.74 Å². The minimum absolute atomic E-state index is 0.0123. The van der Waals surface area contributed by atoms with Crippen LogP contribution in [-0.2, 0) is 14.3 Å². The second-order valence-corrected chi connectivity index (χ2v) is 23.2. The lowest BCUT2D eigenvalue weighted by atomic mass is 10.0. The lowest BCUT2D eigenvalue weighted by molar-refractivity contribution is -0.143. The first-order valence-corrected chi connectivity index (χ1v) is 33.6. The number of carbonyl (C=O) groups excluding carboxylic acids is 2. The average Bonchev–Trinajstić information content (AvgIpc) is 3.40. The standard InChI is InChI=1S/C68H131NO5/c1-3-5-7-9-11-13-15-17-19-20-21-24-27-30-33-36-40-44-48-52-56-60-66(71)65(64-70)69-67(72)61-57-53-49-45-41-37-34-31-28-25-22-23-26-29-32-35-39-43-47-51-55-59-63-74-68(73)62-58-54-50-46-42-38-18-16-14-12-10-8-6-4-2/h25,28,56,60,65-66,70-71H,3-24,26-27,29-55,57-59,61-64H2,1-2H3,(H,69,72)/b28-25-,60-56+. The van der Waals surface area contributed by atoms with E-state index in [0.29, 0.717) is 19.4 Å². The normalized spacial score (nSPS) is 12.6. The lowest BCUT2D eigenvalue weighted by Crippen LogP contribution is -2.45. The van der Waals surface area contributed by atoms with Crippen LogP contribution in [0, 0.1) is 0 Å². The van der Waals surface area contributed by atoms with E-state index >= 15 is 0 Å². The van der Waals surface area contributed by atoms with Gasteiger partial charge in [0.05, 0.1) is 25.4 Å². The van der Waals surface area contributed by atoms with Gasteiger partial charge in [-0.3, -0.25) is 9.59 Å². The lowest BCUT2D eigenvalue weighted by Gasteiger charge is -2.20. The third-order valence-electron chi connectivity index (χ3n) is 15.7. The first-order valence-electron chi connectivity index (χ1n) is 33.6. The van der Waals surface area contributed by atoms with E-state index in [0.717, 1.165) is 44.9 Å². The highest BCUT2D eigenvalue weighted by Gasteiger charge is 2.18. The number of aliphatic hydroxyl groups excluding tert-OH is 2. The van der Waals surface area contributed by atoms with Gasteiger partial charge in [-0.1, -0.05) is 327 Å². The number of ether oxygens (including phenoxy) is 1. The van der Waals surface area contributed by atoms with Crippen molar-refractivity contribution < 1.29 is 24.5 Å². The Morgan fingerprint density at radius 2 is 0.635 bits per heavy atom. The van der Waals surface area contributed by atoms with Crippen LogP contribution in [0.15, 0.2) is 24.3 Å². The van der Waals surface area contributed by atoms with Crippen molar-refractivity contribution in [3.8, 4) is 0 Å². The molecule has 2 unspecified atom stereocenters. The first-order chi connectivity index (χ1) is 36.5. The molecule has 0 radical (unpaired) electrons. The number of rotatable bonds is 63. The molecule has 74 heavy (non-hydrogen) atoms. The molecule has 0 fully saturated rings. The Hall–Kier alpha value is -1.66. The van der Waals surface area contributed by atoms with Crippen molar-refractivity contribution in [1.82, 2.24) is 5.32 Å². The summed E-state index contributed by atoms with van der Waals surface area (Å²) in [7, 11) is 0. The van der Waals surface area contributed by atoms with Crippen molar-refractivity contribution in [1.29, 1.82) is 0 Å². The van der Waals surface area contributed by atoms with Crippen molar-refractivity contribution in [3.05, 3.63) is 24.3 Å². The molecule has 0 saturated heterocycles. The van der Waals surface area contributed by atoms with Gasteiger partial charge in [-0.15, -0.1) is 0 Å². The van der Waals surface area contributed by atoms with Crippen LogP contribution in [0.25, 0.3) is 0 Å². The summed E-state index contributed by atoms with van der Waals surface area (Å²) in [6.45, 7) is 4.93. The van der Waals surface area contributed by atoms with Gasteiger partial charge in [0.15, 0.2) is 0 Å². The summed E-state index contributed by atoms with van der Waals surface area (Å²) in [5, 5.41) is 23.2. The summed E-state index contributed by atoms with van der Waals surface area (Å²) in [4.78, 5) is 24.6. The topological polar surface area (TPSA) is 95.9 Å². The number of esters is 1. The van der Waals surface area contributed by atoms with Gasteiger partial charge in [0.2, 0.25) is 5.91 Å². The summed E-state index contributed by atoms with van der Waals surface area (Å²) in [6, 6.07) is -0.634. The largest absolute Gasteiger partial charge is 0.466 e. The number of unbranched alkanes of at least 4 members (excludes halogenated alkanes) is 50. The minimum atomic E-state index is -0.850. The van der Waals surface area contributed by atoms with Gasteiger partial charge in [0, 0.05) is 12.8 Å². The van der Waals surface area contributed by atoms with Crippen LogP contribution in [0.3, 0.4) is 0 Å². The number of hydrogen-bond acceptors (Lipinski definition) is 5. The molecule has 0 rings (SSSR count).